The number of nitro groups is 1. The van der Waals surface area contributed by atoms with Crippen LogP contribution in [0.15, 0.2) is 54.1 Å². The Labute approximate surface area is 192 Å². The third kappa shape index (κ3) is 4.96. The first-order valence-corrected chi connectivity index (χ1v) is 10.7. The number of non-ortho nitro benzene ring substituents is 1. The highest BCUT2D eigenvalue weighted by Crippen LogP contribution is 2.40. The van der Waals surface area contributed by atoms with Gasteiger partial charge in [-0.05, 0) is 35.1 Å². The van der Waals surface area contributed by atoms with Gasteiger partial charge in [-0.1, -0.05) is 45.0 Å². The molecule has 0 aliphatic carbocycles. The highest BCUT2D eigenvalue weighted by atomic mass is 16.6. The summed E-state index contributed by atoms with van der Waals surface area (Å²) in [5.74, 6) is -1.84. The molecule has 1 N–H and O–H groups in total. The number of ketones is 1. The number of hydrogen-bond acceptors (Lipinski definition) is 6. The maximum atomic E-state index is 13.0. The van der Waals surface area contributed by atoms with E-state index in [9.17, 15) is 24.8 Å². The van der Waals surface area contributed by atoms with Crippen molar-refractivity contribution < 1.29 is 24.4 Å². The monoisotopic (exact) mass is 452 g/mol. The Kier molecular flexibility index (Phi) is 6.98. The Morgan fingerprint density at radius 2 is 1.70 bits per heavy atom. The quantitative estimate of drug-likeness (QED) is 0.167. The molecule has 1 saturated heterocycles. The standard InChI is InChI=1S/C25H28N2O6/c1-25(2,3)18-10-6-16(7-11-18)21-20(23(29)24(30)26(21)14-5-15-33-4)22(28)17-8-12-19(13-9-17)27(31)32/h6-13,21,28H,5,14-15H2,1-4H3/b22-20-. The molecule has 1 fully saturated rings. The average molecular weight is 453 g/mol. The van der Waals surface area contributed by atoms with Crippen LogP contribution in [0.2, 0.25) is 0 Å². The van der Waals surface area contributed by atoms with Gasteiger partial charge < -0.3 is 14.7 Å². The molecular formula is C25H28N2O6. The lowest BCUT2D eigenvalue weighted by atomic mass is 9.85. The van der Waals surface area contributed by atoms with Crippen molar-refractivity contribution in [2.45, 2.75) is 38.6 Å². The average Bonchev–Trinajstić information content (AvgIpc) is 3.03. The predicted octanol–water partition coefficient (Wildman–Crippen LogP) is 4.35. The number of amides is 1. The second-order valence-corrected chi connectivity index (χ2v) is 9.01. The first kappa shape index (κ1) is 24.1. The lowest BCUT2D eigenvalue weighted by Crippen LogP contribution is -2.31. The van der Waals surface area contributed by atoms with Crippen molar-refractivity contribution in [3.63, 3.8) is 0 Å². The third-order valence-corrected chi connectivity index (χ3v) is 5.73. The van der Waals surface area contributed by atoms with Crippen molar-refractivity contribution in [2.24, 2.45) is 0 Å². The summed E-state index contributed by atoms with van der Waals surface area (Å²) in [5.41, 5.74) is 1.78. The van der Waals surface area contributed by atoms with Crippen molar-refractivity contribution in [1.29, 1.82) is 0 Å². The summed E-state index contributed by atoms with van der Waals surface area (Å²) in [5, 5.41) is 22.0. The molecule has 1 aliphatic rings. The molecule has 0 radical (unpaired) electrons. The van der Waals surface area contributed by atoms with Gasteiger partial charge in [-0.3, -0.25) is 19.7 Å². The summed E-state index contributed by atoms with van der Waals surface area (Å²) >= 11 is 0. The van der Waals surface area contributed by atoms with E-state index >= 15 is 0 Å². The van der Waals surface area contributed by atoms with Gasteiger partial charge >= 0.3 is 0 Å². The number of nitrogens with zero attached hydrogens (tertiary/aromatic N) is 2. The molecule has 2 aromatic carbocycles. The van der Waals surface area contributed by atoms with Crippen molar-refractivity contribution in [2.75, 3.05) is 20.3 Å². The molecule has 0 aromatic heterocycles. The first-order valence-electron chi connectivity index (χ1n) is 10.7. The highest BCUT2D eigenvalue weighted by Gasteiger charge is 2.45. The number of Topliss-reactive ketones (excluding diaryl/α,β-unsaturated/α-hetero) is 1. The number of nitro benzene ring substituents is 1. The maximum absolute atomic E-state index is 13.0. The third-order valence-electron chi connectivity index (χ3n) is 5.73. The summed E-state index contributed by atoms with van der Waals surface area (Å²) in [7, 11) is 1.56. The minimum Gasteiger partial charge on any atom is -0.507 e. The Morgan fingerprint density at radius 3 is 2.21 bits per heavy atom. The molecule has 1 unspecified atom stereocenters. The molecule has 174 valence electrons. The number of aliphatic hydroxyl groups excluding tert-OH is 1. The molecular weight excluding hydrogens is 424 g/mol. The van der Waals surface area contributed by atoms with Gasteiger partial charge in [0.1, 0.15) is 5.76 Å². The number of carbonyl (C=O) groups is 2. The van der Waals surface area contributed by atoms with E-state index < -0.39 is 22.7 Å². The van der Waals surface area contributed by atoms with Crippen LogP contribution in [0.5, 0.6) is 0 Å². The van der Waals surface area contributed by atoms with Crippen LogP contribution in [0.1, 0.15) is 49.9 Å². The molecule has 0 bridgehead atoms. The van der Waals surface area contributed by atoms with Crippen LogP contribution in [0.4, 0.5) is 5.69 Å². The van der Waals surface area contributed by atoms with E-state index in [1.165, 1.54) is 29.2 Å². The van der Waals surface area contributed by atoms with Gasteiger partial charge in [-0.2, -0.15) is 0 Å². The fraction of sp³-hybridized carbons (Fsp3) is 0.360. The molecule has 0 saturated carbocycles. The minimum absolute atomic E-state index is 0.0326. The van der Waals surface area contributed by atoms with Gasteiger partial charge in [0, 0.05) is 38.0 Å². The van der Waals surface area contributed by atoms with Crippen LogP contribution < -0.4 is 0 Å². The summed E-state index contributed by atoms with van der Waals surface area (Å²) < 4.78 is 5.09. The molecule has 8 nitrogen and oxygen atoms in total. The van der Waals surface area contributed by atoms with Gasteiger partial charge in [-0.25, -0.2) is 0 Å². The molecule has 8 heteroatoms. The van der Waals surface area contributed by atoms with E-state index in [2.05, 4.69) is 20.8 Å². The Bertz CT molecular complexity index is 1080. The molecule has 1 aliphatic heterocycles. The molecule has 0 spiro atoms. The molecule has 33 heavy (non-hydrogen) atoms. The first-order chi connectivity index (χ1) is 15.6. The van der Waals surface area contributed by atoms with E-state index in [-0.39, 0.29) is 34.5 Å². The van der Waals surface area contributed by atoms with Crippen LogP contribution in [0.25, 0.3) is 5.76 Å². The van der Waals surface area contributed by atoms with Gasteiger partial charge in [0.15, 0.2) is 0 Å². The number of benzene rings is 2. The Morgan fingerprint density at radius 1 is 1.09 bits per heavy atom. The number of rotatable bonds is 7. The van der Waals surface area contributed by atoms with Gasteiger partial charge in [0.25, 0.3) is 17.4 Å². The van der Waals surface area contributed by atoms with E-state index in [0.717, 1.165) is 5.56 Å². The number of methoxy groups -OCH3 is 1. The predicted molar refractivity (Wildman–Crippen MR) is 124 cm³/mol. The zero-order valence-corrected chi connectivity index (χ0v) is 19.2. The molecule has 3 rings (SSSR count). The van der Waals surface area contributed by atoms with Crippen LogP contribution in [-0.4, -0.2) is 46.9 Å². The number of ether oxygens (including phenoxy) is 1. The largest absolute Gasteiger partial charge is 0.507 e. The van der Waals surface area contributed by atoms with Gasteiger partial charge in [0.05, 0.1) is 16.5 Å². The van der Waals surface area contributed by atoms with Crippen LogP contribution in [-0.2, 0) is 19.7 Å². The zero-order valence-electron chi connectivity index (χ0n) is 19.2. The summed E-state index contributed by atoms with van der Waals surface area (Å²) in [4.78, 5) is 37.8. The second kappa shape index (κ2) is 9.54. The second-order valence-electron chi connectivity index (χ2n) is 9.01. The van der Waals surface area contributed by atoms with Crippen LogP contribution >= 0.6 is 0 Å². The number of aliphatic hydroxyl groups is 1. The topological polar surface area (TPSA) is 110 Å². The molecule has 1 atom stereocenters. The van der Waals surface area contributed by atoms with E-state index in [1.54, 1.807) is 7.11 Å². The van der Waals surface area contributed by atoms with Crippen molar-refractivity contribution in [3.8, 4) is 0 Å². The van der Waals surface area contributed by atoms with Gasteiger partial charge in [0.2, 0.25) is 0 Å². The van der Waals surface area contributed by atoms with Crippen LogP contribution in [0, 0.1) is 10.1 Å². The normalized spacial score (nSPS) is 18.1. The van der Waals surface area contributed by atoms with Crippen molar-refractivity contribution >= 4 is 23.1 Å². The van der Waals surface area contributed by atoms with E-state index in [1.807, 2.05) is 24.3 Å². The lowest BCUT2D eigenvalue weighted by Gasteiger charge is -2.26. The zero-order chi connectivity index (χ0) is 24.3. The van der Waals surface area contributed by atoms with Crippen molar-refractivity contribution in [1.82, 2.24) is 4.90 Å². The summed E-state index contributed by atoms with van der Waals surface area (Å²) in [6.45, 7) is 6.97. The van der Waals surface area contributed by atoms with E-state index in [0.29, 0.717) is 18.6 Å². The maximum Gasteiger partial charge on any atom is 0.295 e. The SMILES string of the molecule is COCCCN1C(=O)C(=O)/C(=C(\O)c2ccc([N+](=O)[O-])cc2)C1c1ccc(C(C)(C)C)cc1. The number of carbonyl (C=O) groups excluding carboxylic acids is 2. The van der Waals surface area contributed by atoms with Gasteiger partial charge in [-0.15, -0.1) is 0 Å². The highest BCUT2D eigenvalue weighted by molar-refractivity contribution is 6.46. The fourth-order valence-electron chi connectivity index (χ4n) is 3.90. The smallest absolute Gasteiger partial charge is 0.295 e. The minimum atomic E-state index is -0.784. The number of hydrogen-bond donors (Lipinski definition) is 1. The lowest BCUT2D eigenvalue weighted by molar-refractivity contribution is -0.384. The molecule has 2 aromatic rings. The van der Waals surface area contributed by atoms with Crippen LogP contribution in [0.3, 0.4) is 0 Å². The molecule has 1 amide bonds. The van der Waals surface area contributed by atoms with E-state index in [4.69, 9.17) is 4.74 Å². The Balaban J connectivity index is 2.10. The summed E-state index contributed by atoms with van der Waals surface area (Å²) in [6.07, 6.45) is 0.525. The summed E-state index contributed by atoms with van der Waals surface area (Å²) in [6, 6.07) is 12.1. The molecule has 1 heterocycles. The van der Waals surface area contributed by atoms with Crippen molar-refractivity contribution in [3.05, 3.63) is 80.9 Å². The number of likely N-dealkylation sites (tertiary alicyclic amines) is 1. The Hall–Kier alpha value is -3.52. The fourth-order valence-corrected chi connectivity index (χ4v) is 3.90.